The normalized spacial score (nSPS) is 22.5. The molecule has 0 amide bonds. The lowest BCUT2D eigenvalue weighted by Gasteiger charge is -2.32. The van der Waals surface area contributed by atoms with Gasteiger partial charge in [0, 0.05) is 34.9 Å². The van der Waals surface area contributed by atoms with Crippen molar-refractivity contribution in [1.82, 2.24) is 5.32 Å². The quantitative estimate of drug-likeness (QED) is 0.771. The van der Waals surface area contributed by atoms with Crippen molar-refractivity contribution >= 4 is 17.3 Å². The molecule has 1 fully saturated rings. The summed E-state index contributed by atoms with van der Waals surface area (Å²) >= 11 is 6.46. The highest BCUT2D eigenvalue weighted by atomic mass is 35.5. The van der Waals surface area contributed by atoms with E-state index in [0.717, 1.165) is 24.5 Å². The summed E-state index contributed by atoms with van der Waals surface area (Å²) in [6.45, 7) is 8.71. The maximum absolute atomic E-state index is 6.46. The van der Waals surface area contributed by atoms with Crippen molar-refractivity contribution in [3.05, 3.63) is 28.8 Å². The van der Waals surface area contributed by atoms with Crippen LogP contribution in [0.1, 0.15) is 52.0 Å². The standard InChI is InChI=1S/C17H27ClN2/c1-4-11-19-12-15-16(18)7-6-8-17(15)20-13(3)9-10-14(20)5-2/h6-8,13-14,19H,4-5,9-12H2,1-3H3. The number of anilines is 1. The van der Waals surface area contributed by atoms with Crippen LogP contribution in [0.25, 0.3) is 0 Å². The largest absolute Gasteiger partial charge is 0.366 e. The fourth-order valence-electron chi connectivity index (χ4n) is 3.26. The molecular weight excluding hydrogens is 268 g/mol. The number of hydrogen-bond acceptors (Lipinski definition) is 2. The first-order chi connectivity index (χ1) is 9.69. The van der Waals surface area contributed by atoms with E-state index in [0.29, 0.717) is 12.1 Å². The van der Waals surface area contributed by atoms with Crippen molar-refractivity contribution in [2.24, 2.45) is 0 Å². The Labute approximate surface area is 128 Å². The van der Waals surface area contributed by atoms with E-state index in [1.165, 1.54) is 30.5 Å². The second kappa shape index (κ2) is 7.33. The lowest BCUT2D eigenvalue weighted by molar-refractivity contribution is 0.619. The van der Waals surface area contributed by atoms with Crippen LogP contribution in [0.3, 0.4) is 0 Å². The molecule has 1 saturated heterocycles. The highest BCUT2D eigenvalue weighted by molar-refractivity contribution is 6.31. The van der Waals surface area contributed by atoms with Gasteiger partial charge in [-0.3, -0.25) is 0 Å². The van der Waals surface area contributed by atoms with Crippen LogP contribution < -0.4 is 10.2 Å². The van der Waals surface area contributed by atoms with Gasteiger partial charge in [-0.2, -0.15) is 0 Å². The van der Waals surface area contributed by atoms with Crippen LogP contribution in [-0.2, 0) is 6.54 Å². The molecule has 0 spiro atoms. The first-order valence-electron chi connectivity index (χ1n) is 7.95. The van der Waals surface area contributed by atoms with Gasteiger partial charge >= 0.3 is 0 Å². The van der Waals surface area contributed by atoms with Crippen LogP contribution in [0.4, 0.5) is 5.69 Å². The molecule has 2 nitrogen and oxygen atoms in total. The Hall–Kier alpha value is -0.730. The predicted molar refractivity (Wildman–Crippen MR) is 88.7 cm³/mol. The minimum Gasteiger partial charge on any atom is -0.366 e. The molecule has 0 aliphatic carbocycles. The highest BCUT2D eigenvalue weighted by Gasteiger charge is 2.30. The first-order valence-corrected chi connectivity index (χ1v) is 8.33. The van der Waals surface area contributed by atoms with Gasteiger partial charge in [-0.25, -0.2) is 0 Å². The Balaban J connectivity index is 2.27. The van der Waals surface area contributed by atoms with Gasteiger partial charge in [-0.1, -0.05) is 31.5 Å². The van der Waals surface area contributed by atoms with E-state index in [9.17, 15) is 0 Å². The summed E-state index contributed by atoms with van der Waals surface area (Å²) in [5, 5.41) is 4.38. The van der Waals surface area contributed by atoms with Gasteiger partial charge < -0.3 is 10.2 Å². The van der Waals surface area contributed by atoms with E-state index in [1.807, 2.05) is 6.07 Å². The Morgan fingerprint density at radius 3 is 2.80 bits per heavy atom. The zero-order valence-electron chi connectivity index (χ0n) is 13.0. The van der Waals surface area contributed by atoms with Gasteiger partial charge in [0.1, 0.15) is 0 Å². The molecule has 2 unspecified atom stereocenters. The van der Waals surface area contributed by atoms with Gasteiger partial charge in [-0.15, -0.1) is 0 Å². The van der Waals surface area contributed by atoms with Crippen LogP contribution in [0.15, 0.2) is 18.2 Å². The Morgan fingerprint density at radius 2 is 2.10 bits per heavy atom. The van der Waals surface area contributed by atoms with E-state index in [2.05, 4.69) is 43.1 Å². The summed E-state index contributed by atoms with van der Waals surface area (Å²) in [7, 11) is 0. The van der Waals surface area contributed by atoms with Crippen molar-refractivity contribution in [1.29, 1.82) is 0 Å². The average molecular weight is 295 g/mol. The van der Waals surface area contributed by atoms with Crippen molar-refractivity contribution < 1.29 is 0 Å². The molecule has 1 N–H and O–H groups in total. The van der Waals surface area contributed by atoms with E-state index in [-0.39, 0.29) is 0 Å². The number of halogens is 1. The van der Waals surface area contributed by atoms with Gasteiger partial charge in [0.15, 0.2) is 0 Å². The molecule has 1 aliphatic rings. The third-order valence-electron chi connectivity index (χ3n) is 4.36. The molecule has 2 rings (SSSR count). The van der Waals surface area contributed by atoms with E-state index in [4.69, 9.17) is 11.6 Å². The molecule has 1 aromatic carbocycles. The molecule has 0 radical (unpaired) electrons. The molecule has 0 saturated carbocycles. The van der Waals surface area contributed by atoms with Crippen LogP contribution in [0.5, 0.6) is 0 Å². The van der Waals surface area contributed by atoms with Crippen molar-refractivity contribution in [2.45, 2.75) is 65.1 Å². The van der Waals surface area contributed by atoms with E-state index >= 15 is 0 Å². The summed E-state index contributed by atoms with van der Waals surface area (Å²) in [4.78, 5) is 2.59. The van der Waals surface area contributed by atoms with Crippen molar-refractivity contribution in [3.63, 3.8) is 0 Å². The summed E-state index contributed by atoms with van der Waals surface area (Å²) in [6, 6.07) is 7.60. The maximum Gasteiger partial charge on any atom is 0.0471 e. The molecule has 2 atom stereocenters. The second-order valence-corrected chi connectivity index (χ2v) is 6.22. The molecule has 20 heavy (non-hydrogen) atoms. The van der Waals surface area contributed by atoms with Crippen LogP contribution in [-0.4, -0.2) is 18.6 Å². The minimum atomic E-state index is 0.614. The summed E-state index contributed by atoms with van der Waals surface area (Å²) < 4.78 is 0. The van der Waals surface area contributed by atoms with Gasteiger partial charge in [-0.05, 0) is 51.3 Å². The summed E-state index contributed by atoms with van der Waals surface area (Å²) in [5.74, 6) is 0. The number of hydrogen-bond donors (Lipinski definition) is 1. The number of nitrogens with one attached hydrogen (secondary N) is 1. The average Bonchev–Trinajstić information content (AvgIpc) is 2.81. The fraction of sp³-hybridized carbons (Fsp3) is 0.647. The molecule has 112 valence electrons. The summed E-state index contributed by atoms with van der Waals surface area (Å²) in [6.07, 6.45) is 4.94. The summed E-state index contributed by atoms with van der Waals surface area (Å²) in [5.41, 5.74) is 2.59. The van der Waals surface area contributed by atoms with Gasteiger partial charge in [0.05, 0.1) is 0 Å². The predicted octanol–water partition coefficient (Wildman–Crippen LogP) is 4.61. The monoisotopic (exact) mass is 294 g/mol. The molecule has 0 bridgehead atoms. The van der Waals surface area contributed by atoms with Crippen LogP contribution in [0, 0.1) is 0 Å². The Kier molecular flexibility index (Phi) is 5.74. The number of benzene rings is 1. The molecular formula is C17H27ClN2. The Morgan fingerprint density at radius 1 is 1.30 bits per heavy atom. The maximum atomic E-state index is 6.46. The zero-order valence-corrected chi connectivity index (χ0v) is 13.7. The smallest absolute Gasteiger partial charge is 0.0471 e. The number of rotatable bonds is 6. The molecule has 1 aliphatic heterocycles. The molecule has 3 heteroatoms. The van der Waals surface area contributed by atoms with Crippen LogP contribution >= 0.6 is 11.6 Å². The lowest BCUT2D eigenvalue weighted by atomic mass is 10.1. The zero-order chi connectivity index (χ0) is 14.5. The molecule has 0 aromatic heterocycles. The molecule has 1 heterocycles. The Bertz CT molecular complexity index is 433. The van der Waals surface area contributed by atoms with Gasteiger partial charge in [0.2, 0.25) is 0 Å². The fourth-order valence-corrected chi connectivity index (χ4v) is 3.50. The van der Waals surface area contributed by atoms with Gasteiger partial charge in [0.25, 0.3) is 0 Å². The molecule has 1 aromatic rings. The third kappa shape index (κ3) is 3.29. The first kappa shape index (κ1) is 15.7. The topological polar surface area (TPSA) is 15.3 Å². The SMILES string of the molecule is CCCNCc1c(Cl)cccc1N1C(C)CCC1CC. The van der Waals surface area contributed by atoms with Crippen molar-refractivity contribution in [2.75, 3.05) is 11.4 Å². The number of nitrogens with zero attached hydrogens (tertiary/aromatic N) is 1. The third-order valence-corrected chi connectivity index (χ3v) is 4.71. The van der Waals surface area contributed by atoms with Crippen LogP contribution in [0.2, 0.25) is 5.02 Å². The van der Waals surface area contributed by atoms with Crippen molar-refractivity contribution in [3.8, 4) is 0 Å². The second-order valence-electron chi connectivity index (χ2n) is 5.81. The van der Waals surface area contributed by atoms with E-state index in [1.54, 1.807) is 0 Å². The lowest BCUT2D eigenvalue weighted by Crippen LogP contribution is -2.35. The van der Waals surface area contributed by atoms with E-state index < -0.39 is 0 Å². The highest BCUT2D eigenvalue weighted by Crippen LogP contribution is 2.36. The minimum absolute atomic E-state index is 0.614.